The van der Waals surface area contributed by atoms with E-state index in [4.69, 9.17) is 4.74 Å². The molecule has 1 atom stereocenters. The van der Waals surface area contributed by atoms with Crippen LogP contribution in [0.1, 0.15) is 37.3 Å². The van der Waals surface area contributed by atoms with E-state index in [1.165, 1.54) is 11.3 Å². The molecule has 2 aromatic rings. The van der Waals surface area contributed by atoms with Crippen LogP contribution in [0, 0.1) is 0 Å². The maximum absolute atomic E-state index is 12.7. The monoisotopic (exact) mass is 331 g/mol. The summed E-state index contributed by atoms with van der Waals surface area (Å²) >= 11 is 1.44. The number of nitrogens with one attached hydrogen (secondary N) is 1. The Morgan fingerprint density at radius 2 is 2.13 bits per heavy atom. The lowest BCUT2D eigenvalue weighted by Crippen LogP contribution is -2.38. The van der Waals surface area contributed by atoms with Gasteiger partial charge in [-0.1, -0.05) is 25.0 Å². The van der Waals surface area contributed by atoms with Crippen LogP contribution in [-0.2, 0) is 0 Å². The molecule has 1 aromatic carbocycles. The standard InChI is InChI=1S/C17H21N3O2S/c1-22-14-8-6-13(7-9-14)15-5-3-2-4-11-20(15)17(21)19-16-18-10-12-23-16/h6-10,12,15H,2-5,11H2,1H3,(H,18,19,21)/t15-/m0/s1. The lowest BCUT2D eigenvalue weighted by atomic mass is 10.0. The minimum atomic E-state index is -0.0670. The van der Waals surface area contributed by atoms with Gasteiger partial charge in [0.25, 0.3) is 0 Å². The van der Waals surface area contributed by atoms with Crippen LogP contribution >= 0.6 is 11.3 Å². The number of amides is 2. The number of methoxy groups -OCH3 is 1. The number of anilines is 1. The quantitative estimate of drug-likeness (QED) is 0.912. The third-order valence-electron chi connectivity index (χ3n) is 4.16. The molecule has 1 fully saturated rings. The summed E-state index contributed by atoms with van der Waals surface area (Å²) in [5.41, 5.74) is 1.15. The molecule has 0 aliphatic carbocycles. The minimum Gasteiger partial charge on any atom is -0.497 e. The van der Waals surface area contributed by atoms with Gasteiger partial charge in [0.1, 0.15) is 5.75 Å². The smallest absolute Gasteiger partial charge is 0.324 e. The van der Waals surface area contributed by atoms with Crippen molar-refractivity contribution >= 4 is 22.5 Å². The Morgan fingerprint density at radius 1 is 1.30 bits per heavy atom. The van der Waals surface area contributed by atoms with E-state index in [-0.39, 0.29) is 12.1 Å². The predicted octanol–water partition coefficient (Wildman–Crippen LogP) is 4.30. The van der Waals surface area contributed by atoms with Crippen LogP contribution in [-0.4, -0.2) is 29.6 Å². The highest BCUT2D eigenvalue weighted by Gasteiger charge is 2.27. The summed E-state index contributed by atoms with van der Waals surface area (Å²) in [5.74, 6) is 0.834. The summed E-state index contributed by atoms with van der Waals surface area (Å²) in [7, 11) is 1.66. The lowest BCUT2D eigenvalue weighted by Gasteiger charge is -2.30. The molecule has 122 valence electrons. The molecule has 2 amide bonds. The van der Waals surface area contributed by atoms with Gasteiger partial charge in [-0.15, -0.1) is 11.3 Å². The second-order valence-electron chi connectivity index (χ2n) is 5.60. The van der Waals surface area contributed by atoms with E-state index in [2.05, 4.69) is 22.4 Å². The number of carbonyl (C=O) groups excluding carboxylic acids is 1. The van der Waals surface area contributed by atoms with Crippen molar-refractivity contribution in [3.63, 3.8) is 0 Å². The Labute approximate surface area is 140 Å². The fraction of sp³-hybridized carbons (Fsp3) is 0.412. The normalized spacial score (nSPS) is 18.3. The van der Waals surface area contributed by atoms with Crippen molar-refractivity contribution in [2.75, 3.05) is 19.0 Å². The molecule has 1 N–H and O–H groups in total. The predicted molar refractivity (Wildman–Crippen MR) is 92.0 cm³/mol. The number of urea groups is 1. The molecule has 1 aliphatic rings. The Balaban J connectivity index is 1.80. The number of carbonyl (C=O) groups is 1. The van der Waals surface area contributed by atoms with E-state index < -0.39 is 0 Å². The summed E-state index contributed by atoms with van der Waals surface area (Å²) < 4.78 is 5.23. The minimum absolute atomic E-state index is 0.0670. The largest absolute Gasteiger partial charge is 0.497 e. The summed E-state index contributed by atoms with van der Waals surface area (Å²) in [6, 6.07) is 8.05. The molecule has 23 heavy (non-hydrogen) atoms. The van der Waals surface area contributed by atoms with Crippen molar-refractivity contribution in [2.45, 2.75) is 31.7 Å². The van der Waals surface area contributed by atoms with Crippen molar-refractivity contribution in [1.29, 1.82) is 0 Å². The third-order valence-corrected chi connectivity index (χ3v) is 4.85. The van der Waals surface area contributed by atoms with Gasteiger partial charge in [-0.2, -0.15) is 0 Å². The molecule has 0 bridgehead atoms. The van der Waals surface area contributed by atoms with Crippen molar-refractivity contribution in [3.8, 4) is 5.75 Å². The Hall–Kier alpha value is -2.08. The van der Waals surface area contributed by atoms with Gasteiger partial charge in [0.05, 0.1) is 13.2 Å². The number of ether oxygens (including phenoxy) is 1. The summed E-state index contributed by atoms with van der Waals surface area (Å²) in [6.07, 6.45) is 6.02. The average Bonchev–Trinajstić information content (AvgIpc) is 2.96. The highest BCUT2D eigenvalue weighted by Crippen LogP contribution is 2.31. The number of hydrogen-bond acceptors (Lipinski definition) is 4. The third kappa shape index (κ3) is 3.82. The van der Waals surface area contributed by atoms with Crippen molar-refractivity contribution in [2.24, 2.45) is 0 Å². The van der Waals surface area contributed by atoms with Gasteiger partial charge in [-0.3, -0.25) is 5.32 Å². The van der Waals surface area contributed by atoms with Gasteiger partial charge in [0.15, 0.2) is 5.13 Å². The van der Waals surface area contributed by atoms with E-state index in [1.54, 1.807) is 13.3 Å². The van der Waals surface area contributed by atoms with Crippen molar-refractivity contribution in [3.05, 3.63) is 41.4 Å². The fourth-order valence-corrected chi connectivity index (χ4v) is 3.49. The molecule has 5 nitrogen and oxygen atoms in total. The summed E-state index contributed by atoms with van der Waals surface area (Å²) in [5, 5.41) is 5.42. The molecule has 0 unspecified atom stereocenters. The molecule has 0 spiro atoms. The molecule has 1 saturated heterocycles. The first kappa shape index (κ1) is 15.8. The van der Waals surface area contributed by atoms with Crippen LogP contribution in [0.3, 0.4) is 0 Å². The van der Waals surface area contributed by atoms with Gasteiger partial charge in [-0.05, 0) is 30.5 Å². The number of rotatable bonds is 3. The maximum atomic E-state index is 12.7. The number of benzene rings is 1. The number of likely N-dealkylation sites (tertiary alicyclic amines) is 1. The van der Waals surface area contributed by atoms with E-state index in [9.17, 15) is 4.79 Å². The molecule has 1 aliphatic heterocycles. The number of nitrogens with zero attached hydrogens (tertiary/aromatic N) is 2. The number of aromatic nitrogens is 1. The van der Waals surface area contributed by atoms with Crippen LogP contribution in [0.15, 0.2) is 35.8 Å². The summed E-state index contributed by atoms with van der Waals surface area (Å²) in [4.78, 5) is 18.8. The van der Waals surface area contributed by atoms with E-state index >= 15 is 0 Å². The van der Waals surface area contributed by atoms with Gasteiger partial charge in [0.2, 0.25) is 0 Å². The van der Waals surface area contributed by atoms with Crippen LogP contribution in [0.25, 0.3) is 0 Å². The van der Waals surface area contributed by atoms with Gasteiger partial charge in [0, 0.05) is 18.1 Å². The topological polar surface area (TPSA) is 54.5 Å². The molecule has 0 radical (unpaired) electrons. The van der Waals surface area contributed by atoms with E-state index in [1.807, 2.05) is 22.4 Å². The zero-order chi connectivity index (χ0) is 16.1. The number of hydrogen-bond donors (Lipinski definition) is 1. The van der Waals surface area contributed by atoms with Crippen LogP contribution in [0.5, 0.6) is 5.75 Å². The molecule has 2 heterocycles. The van der Waals surface area contributed by atoms with E-state index in [0.717, 1.165) is 43.5 Å². The first-order valence-corrected chi connectivity index (χ1v) is 8.77. The molecular formula is C17H21N3O2S. The SMILES string of the molecule is COc1ccc([C@@H]2CCCCCN2C(=O)Nc2nccs2)cc1. The lowest BCUT2D eigenvalue weighted by molar-refractivity contribution is 0.189. The van der Waals surface area contributed by atoms with Gasteiger partial charge < -0.3 is 9.64 Å². The van der Waals surface area contributed by atoms with E-state index in [0.29, 0.717) is 5.13 Å². The fourth-order valence-electron chi connectivity index (χ4n) is 2.97. The molecule has 3 rings (SSSR count). The Morgan fingerprint density at radius 3 is 2.83 bits per heavy atom. The first-order chi connectivity index (χ1) is 11.3. The second-order valence-corrected chi connectivity index (χ2v) is 6.49. The first-order valence-electron chi connectivity index (χ1n) is 7.89. The zero-order valence-electron chi connectivity index (χ0n) is 13.2. The van der Waals surface area contributed by atoms with Gasteiger partial charge in [-0.25, -0.2) is 9.78 Å². The van der Waals surface area contributed by atoms with Gasteiger partial charge >= 0.3 is 6.03 Å². The molecule has 0 saturated carbocycles. The Bertz CT molecular complexity index is 628. The average molecular weight is 331 g/mol. The Kier molecular flexibility index (Phi) is 5.12. The highest BCUT2D eigenvalue weighted by molar-refractivity contribution is 7.13. The van der Waals surface area contributed by atoms with Crippen LogP contribution in [0.4, 0.5) is 9.93 Å². The number of thiazole rings is 1. The second kappa shape index (κ2) is 7.46. The molecule has 1 aromatic heterocycles. The summed E-state index contributed by atoms with van der Waals surface area (Å²) in [6.45, 7) is 0.772. The molecule has 6 heteroatoms. The maximum Gasteiger partial charge on any atom is 0.324 e. The highest BCUT2D eigenvalue weighted by atomic mass is 32.1. The van der Waals surface area contributed by atoms with Crippen LogP contribution in [0.2, 0.25) is 0 Å². The van der Waals surface area contributed by atoms with Crippen molar-refractivity contribution in [1.82, 2.24) is 9.88 Å². The zero-order valence-corrected chi connectivity index (χ0v) is 14.0. The van der Waals surface area contributed by atoms with Crippen molar-refractivity contribution < 1.29 is 9.53 Å². The molecular weight excluding hydrogens is 310 g/mol. The van der Waals surface area contributed by atoms with Crippen LogP contribution < -0.4 is 10.1 Å².